The quantitative estimate of drug-likeness (QED) is 0.169. The van der Waals surface area contributed by atoms with Crippen molar-refractivity contribution in [3.63, 3.8) is 0 Å². The van der Waals surface area contributed by atoms with Crippen LogP contribution in [0.3, 0.4) is 0 Å². The highest BCUT2D eigenvalue weighted by molar-refractivity contribution is 6.08. The molecule has 1 heterocycles. The van der Waals surface area contributed by atoms with Crippen LogP contribution in [0.5, 0.6) is 0 Å². The number of rotatable bonds is 6. The zero-order chi connectivity index (χ0) is 46.0. The van der Waals surface area contributed by atoms with Gasteiger partial charge in [-0.1, -0.05) is 145 Å². The van der Waals surface area contributed by atoms with Crippen LogP contribution in [0, 0.1) is 0 Å². The van der Waals surface area contributed by atoms with E-state index in [1.54, 1.807) is 18.2 Å². The first-order chi connectivity index (χ1) is 30.3. The van der Waals surface area contributed by atoms with Gasteiger partial charge in [0.25, 0.3) is 0 Å². The fourth-order valence-corrected chi connectivity index (χ4v) is 6.21. The van der Waals surface area contributed by atoms with Crippen molar-refractivity contribution in [3.05, 3.63) is 192 Å². The second-order valence-corrected chi connectivity index (χ2v) is 11.2. The van der Waals surface area contributed by atoms with E-state index in [-0.39, 0.29) is 55.4 Å². The summed E-state index contributed by atoms with van der Waals surface area (Å²) in [6, 6.07) is 10.2. The van der Waals surface area contributed by atoms with Crippen molar-refractivity contribution in [2.24, 2.45) is 0 Å². The Morgan fingerprint density at radius 2 is 1.00 bits per heavy atom. The van der Waals surface area contributed by atoms with Crippen molar-refractivity contribution in [2.75, 3.05) is 0 Å². The summed E-state index contributed by atoms with van der Waals surface area (Å²) in [6.45, 7) is 0. The maximum Gasteiger partial charge on any atom is 0.136 e. The van der Waals surface area contributed by atoms with E-state index in [4.69, 9.17) is 23.6 Å². The number of benzene rings is 8. The lowest BCUT2D eigenvalue weighted by atomic mass is 9.86. The topological polar surface area (TPSA) is 13.1 Å². The molecular formula is C46H32O. The maximum absolute atomic E-state index is 9.56. The molecule has 0 aliphatic heterocycles. The molecule has 1 heteroatoms. The van der Waals surface area contributed by atoms with Gasteiger partial charge >= 0.3 is 0 Å². The van der Waals surface area contributed by atoms with Crippen LogP contribution in [-0.2, 0) is 12.8 Å². The summed E-state index contributed by atoms with van der Waals surface area (Å²) in [7, 11) is 0. The van der Waals surface area contributed by atoms with Gasteiger partial charge in [-0.25, -0.2) is 0 Å². The van der Waals surface area contributed by atoms with Crippen LogP contribution >= 0.6 is 0 Å². The van der Waals surface area contributed by atoms with Gasteiger partial charge in [0.2, 0.25) is 0 Å². The molecule has 0 saturated heterocycles. The smallest absolute Gasteiger partial charge is 0.136 e. The Morgan fingerprint density at radius 1 is 0.404 bits per heavy atom. The first-order valence-corrected chi connectivity index (χ1v) is 15.0. The summed E-state index contributed by atoms with van der Waals surface area (Å²) >= 11 is 0. The molecule has 8 aromatic carbocycles. The summed E-state index contributed by atoms with van der Waals surface area (Å²) in [6.07, 6.45) is -1.18. The molecule has 1 nitrogen and oxygen atoms in total. The lowest BCUT2D eigenvalue weighted by Gasteiger charge is -2.17. The van der Waals surface area contributed by atoms with E-state index >= 15 is 0 Å². The van der Waals surface area contributed by atoms with E-state index in [0.717, 1.165) is 21.9 Å². The van der Waals surface area contributed by atoms with Gasteiger partial charge in [0.05, 0.1) is 23.3 Å². The SMILES string of the molecule is [2H]c1c([2H])c([2H])c(Cc2c3c([2H])c([2H])c([2H])c([2H])c3c(Cc3c([2H])c([2H])c([2H])c(-c4ccc5c(c4)oc4ccc(-c6ccccc6)cc45)c3[2H])c3c([2H])c([2H])c([2H])c([2H])c23)c([2H])c1[2H]. The first-order valence-electron chi connectivity index (χ1n) is 23.5. The molecule has 0 N–H and O–H groups in total. The minimum absolute atomic E-state index is 0.0430. The first kappa shape index (κ1) is 15.1. The van der Waals surface area contributed by atoms with Crippen LogP contribution in [0.2, 0.25) is 0 Å². The Hall–Kier alpha value is -5.92. The van der Waals surface area contributed by atoms with Crippen LogP contribution in [0.4, 0.5) is 0 Å². The van der Waals surface area contributed by atoms with Crippen molar-refractivity contribution in [1.29, 1.82) is 0 Å². The van der Waals surface area contributed by atoms with E-state index in [9.17, 15) is 4.11 Å². The highest BCUT2D eigenvalue weighted by Gasteiger charge is 2.15. The molecule has 47 heavy (non-hydrogen) atoms. The summed E-state index contributed by atoms with van der Waals surface area (Å²) in [4.78, 5) is 0. The van der Waals surface area contributed by atoms with Gasteiger partial charge in [-0.3, -0.25) is 0 Å². The molecular weight excluding hydrogens is 569 g/mol. The molecule has 0 atom stereocenters. The normalized spacial score (nSPS) is 16.6. The van der Waals surface area contributed by atoms with Crippen LogP contribution in [-0.4, -0.2) is 0 Å². The second-order valence-electron chi connectivity index (χ2n) is 11.2. The monoisotopic (exact) mass is 617 g/mol. The second kappa shape index (κ2) is 11.5. The Kier molecular flexibility index (Phi) is 3.69. The van der Waals surface area contributed by atoms with E-state index in [1.807, 2.05) is 48.5 Å². The van der Waals surface area contributed by atoms with Crippen LogP contribution in [0.25, 0.3) is 65.7 Å². The highest BCUT2D eigenvalue weighted by atomic mass is 16.3. The molecule has 0 amide bonds. The molecule has 0 aliphatic rings. The Balaban J connectivity index is 1.32. The summed E-state index contributed by atoms with van der Waals surface area (Å²) < 4.78 is 156. The number of furan rings is 1. The standard InChI is InChI=1S/C46H32O/c1-3-12-31(13-4-1)27-42-37-18-7-9-20-39(37)43(40-21-10-8-19-38(40)42)28-32-14-11-17-34(26-32)36-22-24-41-44-29-35(33-15-5-2-6-16-33)23-25-45(44)47-46(41)30-36/h1-26,29-30H,27-28H2/i1D,3D,4D,7D,8D,9D,10D,11D,12D,13D,14D,17D,18D,19D,20D,21D,26D. The van der Waals surface area contributed by atoms with Crippen LogP contribution in [0.15, 0.2) is 174 Å². The molecule has 0 unspecified atom stereocenters. The fourth-order valence-electron chi connectivity index (χ4n) is 6.21. The van der Waals surface area contributed by atoms with Gasteiger partial charge in [-0.05, 0) is 103 Å². The molecule has 1 aromatic heterocycles. The van der Waals surface area contributed by atoms with E-state index < -0.39 is 110 Å². The van der Waals surface area contributed by atoms with E-state index in [2.05, 4.69) is 0 Å². The van der Waals surface area contributed by atoms with Gasteiger partial charge in [0.1, 0.15) is 11.2 Å². The zero-order valence-electron chi connectivity index (χ0n) is 41.7. The third-order valence-corrected chi connectivity index (χ3v) is 8.38. The molecule has 0 bridgehead atoms. The average molecular weight is 618 g/mol. The number of hydrogen-bond acceptors (Lipinski definition) is 1. The Bertz CT molecular complexity index is 3420. The predicted octanol–water partition coefficient (Wildman–Crippen LogP) is 12.4. The summed E-state index contributed by atoms with van der Waals surface area (Å²) in [5, 5.41) is 0.585. The lowest BCUT2D eigenvalue weighted by Crippen LogP contribution is -1.98. The largest absolute Gasteiger partial charge is 0.456 e. The molecule has 0 radical (unpaired) electrons. The highest BCUT2D eigenvalue weighted by Crippen LogP contribution is 2.38. The molecule has 9 aromatic rings. The molecule has 222 valence electrons. The van der Waals surface area contributed by atoms with Crippen molar-refractivity contribution in [2.45, 2.75) is 12.8 Å². The lowest BCUT2D eigenvalue weighted by molar-refractivity contribution is 0.669. The van der Waals surface area contributed by atoms with Gasteiger partial charge in [0, 0.05) is 10.8 Å². The van der Waals surface area contributed by atoms with Crippen LogP contribution in [0.1, 0.15) is 45.6 Å². The van der Waals surface area contributed by atoms with Gasteiger partial charge < -0.3 is 4.42 Å². The number of hydrogen-bond donors (Lipinski definition) is 0. The van der Waals surface area contributed by atoms with Gasteiger partial charge in [-0.15, -0.1) is 0 Å². The minimum Gasteiger partial charge on any atom is -0.456 e. The predicted molar refractivity (Wildman–Crippen MR) is 198 cm³/mol. The summed E-state index contributed by atoms with van der Waals surface area (Å²) in [5.74, 6) is 0. The van der Waals surface area contributed by atoms with Crippen molar-refractivity contribution >= 4 is 43.5 Å². The fraction of sp³-hybridized carbons (Fsp3) is 0.0435. The molecule has 9 rings (SSSR count). The van der Waals surface area contributed by atoms with Crippen molar-refractivity contribution < 1.29 is 27.7 Å². The zero-order valence-corrected chi connectivity index (χ0v) is 24.7. The summed E-state index contributed by atoms with van der Waals surface area (Å²) in [5.41, 5.74) is 2.54. The molecule has 0 aliphatic carbocycles. The van der Waals surface area contributed by atoms with Crippen molar-refractivity contribution in [1.82, 2.24) is 0 Å². The van der Waals surface area contributed by atoms with Crippen molar-refractivity contribution in [3.8, 4) is 22.3 Å². The van der Waals surface area contributed by atoms with E-state index in [0.29, 0.717) is 16.7 Å². The average Bonchev–Trinajstić information content (AvgIpc) is 3.66. The third-order valence-electron chi connectivity index (χ3n) is 8.38. The number of fused-ring (bicyclic) bond motifs is 5. The molecule has 0 saturated carbocycles. The molecule has 0 spiro atoms. The van der Waals surface area contributed by atoms with Crippen LogP contribution < -0.4 is 0 Å². The Morgan fingerprint density at radius 3 is 1.70 bits per heavy atom. The Labute approximate surface area is 298 Å². The third kappa shape index (κ3) is 4.98. The van der Waals surface area contributed by atoms with Gasteiger partial charge in [0.15, 0.2) is 0 Å². The minimum atomic E-state index is -0.708. The van der Waals surface area contributed by atoms with Gasteiger partial charge in [-0.2, -0.15) is 0 Å². The maximum atomic E-state index is 9.56. The molecule has 0 fully saturated rings. The van der Waals surface area contributed by atoms with E-state index in [1.165, 1.54) is 0 Å².